The highest BCUT2D eigenvalue weighted by molar-refractivity contribution is 7.27. The van der Waals surface area contributed by atoms with Gasteiger partial charge in [0.05, 0.1) is 0 Å². The van der Waals surface area contributed by atoms with Crippen molar-refractivity contribution < 1.29 is 4.79 Å². The molecule has 0 aromatic heterocycles. The van der Waals surface area contributed by atoms with Gasteiger partial charge in [-0.1, -0.05) is 24.3 Å². The molecule has 0 aliphatic rings. The average Bonchev–Trinajstić information content (AvgIpc) is 2.04. The molecule has 2 heteroatoms. The molecule has 0 saturated heterocycles. The molecule has 11 heavy (non-hydrogen) atoms. The lowest BCUT2D eigenvalue weighted by Crippen LogP contribution is -1.91. The van der Waals surface area contributed by atoms with Gasteiger partial charge in [0.1, 0.15) is 6.29 Å². The number of hydrogen-bond donors (Lipinski definition) is 0. The van der Waals surface area contributed by atoms with E-state index in [2.05, 4.69) is 9.24 Å². The summed E-state index contributed by atoms with van der Waals surface area (Å²) in [5.41, 5.74) is 1.23. The third-order valence-corrected chi connectivity index (χ3v) is 1.92. The largest absolute Gasteiger partial charge is 0.303 e. The minimum atomic E-state index is 0.621. The van der Waals surface area contributed by atoms with Crippen molar-refractivity contribution in [3.63, 3.8) is 0 Å². The van der Waals surface area contributed by atoms with Crippen LogP contribution in [0.25, 0.3) is 0 Å². The van der Waals surface area contributed by atoms with Crippen molar-refractivity contribution in [2.45, 2.75) is 12.8 Å². The van der Waals surface area contributed by atoms with E-state index < -0.39 is 0 Å². The van der Waals surface area contributed by atoms with E-state index in [1.807, 2.05) is 24.3 Å². The van der Waals surface area contributed by atoms with Crippen LogP contribution in [0.2, 0.25) is 0 Å². The molecule has 0 bridgehead atoms. The van der Waals surface area contributed by atoms with Crippen LogP contribution >= 0.6 is 9.24 Å². The predicted octanol–water partition coefficient (Wildman–Crippen LogP) is 1.32. The average molecular weight is 166 g/mol. The van der Waals surface area contributed by atoms with Crippen LogP contribution in [0.1, 0.15) is 12.0 Å². The molecular formula is C9H11OP. The van der Waals surface area contributed by atoms with Gasteiger partial charge in [0.15, 0.2) is 0 Å². The molecule has 1 rings (SSSR count). The highest BCUT2D eigenvalue weighted by Gasteiger charge is 1.90. The van der Waals surface area contributed by atoms with Gasteiger partial charge in [-0.25, -0.2) is 0 Å². The van der Waals surface area contributed by atoms with Crippen molar-refractivity contribution >= 4 is 20.8 Å². The number of aldehydes is 1. The number of hydrogen-bond acceptors (Lipinski definition) is 1. The quantitative estimate of drug-likeness (QED) is 0.489. The van der Waals surface area contributed by atoms with Crippen LogP contribution < -0.4 is 5.30 Å². The van der Waals surface area contributed by atoms with Gasteiger partial charge in [0.25, 0.3) is 0 Å². The first-order valence-electron chi connectivity index (χ1n) is 3.61. The van der Waals surface area contributed by atoms with Crippen LogP contribution in [0.5, 0.6) is 0 Å². The van der Waals surface area contributed by atoms with Crippen LogP contribution in [0.3, 0.4) is 0 Å². The minimum Gasteiger partial charge on any atom is -0.303 e. The Morgan fingerprint density at radius 1 is 1.27 bits per heavy atom. The van der Waals surface area contributed by atoms with Crippen LogP contribution in [0.4, 0.5) is 0 Å². The molecule has 0 spiro atoms. The van der Waals surface area contributed by atoms with Gasteiger partial charge in [0.2, 0.25) is 0 Å². The lowest BCUT2D eigenvalue weighted by molar-refractivity contribution is -0.107. The van der Waals surface area contributed by atoms with Gasteiger partial charge in [-0.2, -0.15) is 0 Å². The number of carbonyl (C=O) groups excluding carboxylic acids is 1. The second kappa shape index (κ2) is 4.25. The second-order valence-electron chi connectivity index (χ2n) is 2.45. The van der Waals surface area contributed by atoms with Crippen molar-refractivity contribution in [3.8, 4) is 0 Å². The fourth-order valence-electron chi connectivity index (χ4n) is 0.910. The van der Waals surface area contributed by atoms with E-state index in [1.165, 1.54) is 10.9 Å². The standard InChI is InChI=1S/C9H11OP/c10-7-1-2-8-3-5-9(11)6-4-8/h3-7H,1-2,11H2. The van der Waals surface area contributed by atoms with Crippen molar-refractivity contribution in [3.05, 3.63) is 29.8 Å². The van der Waals surface area contributed by atoms with E-state index in [-0.39, 0.29) is 0 Å². The van der Waals surface area contributed by atoms with Crippen LogP contribution in [-0.4, -0.2) is 6.29 Å². The van der Waals surface area contributed by atoms with E-state index in [4.69, 9.17) is 0 Å². The van der Waals surface area contributed by atoms with Gasteiger partial charge in [-0.15, -0.1) is 9.24 Å². The molecule has 0 saturated carbocycles. The predicted molar refractivity (Wildman–Crippen MR) is 50.2 cm³/mol. The third-order valence-electron chi connectivity index (χ3n) is 1.53. The molecule has 1 aromatic rings. The summed E-state index contributed by atoms with van der Waals surface area (Å²) in [6, 6.07) is 8.16. The number of benzene rings is 1. The van der Waals surface area contributed by atoms with Gasteiger partial charge in [-0.05, 0) is 17.3 Å². The summed E-state index contributed by atoms with van der Waals surface area (Å²) in [7, 11) is 2.63. The normalized spacial score (nSPS) is 9.55. The molecule has 0 aliphatic heterocycles. The number of rotatable bonds is 3. The smallest absolute Gasteiger partial charge is 0.120 e. The Labute approximate surface area is 69.0 Å². The lowest BCUT2D eigenvalue weighted by atomic mass is 10.1. The first-order chi connectivity index (χ1) is 5.33. The SMILES string of the molecule is O=CCCc1ccc(P)cc1. The van der Waals surface area contributed by atoms with E-state index in [1.54, 1.807) is 0 Å². The maximum absolute atomic E-state index is 10.0. The van der Waals surface area contributed by atoms with E-state index in [0.717, 1.165) is 12.7 Å². The number of carbonyl (C=O) groups is 1. The molecule has 1 atom stereocenters. The van der Waals surface area contributed by atoms with Crippen molar-refractivity contribution in [1.82, 2.24) is 0 Å². The van der Waals surface area contributed by atoms with Gasteiger partial charge < -0.3 is 4.79 Å². The van der Waals surface area contributed by atoms with Crippen molar-refractivity contribution in [1.29, 1.82) is 0 Å². The maximum atomic E-state index is 10.0. The van der Waals surface area contributed by atoms with Crippen molar-refractivity contribution in [2.24, 2.45) is 0 Å². The Bertz CT molecular complexity index is 228. The summed E-state index contributed by atoms with van der Waals surface area (Å²) in [6.45, 7) is 0. The van der Waals surface area contributed by atoms with E-state index in [9.17, 15) is 4.79 Å². The summed E-state index contributed by atoms with van der Waals surface area (Å²) in [6.07, 6.45) is 2.43. The Morgan fingerprint density at radius 3 is 2.45 bits per heavy atom. The van der Waals surface area contributed by atoms with Gasteiger partial charge >= 0.3 is 0 Å². The van der Waals surface area contributed by atoms with Gasteiger partial charge in [0, 0.05) is 6.42 Å². The molecule has 1 aromatic carbocycles. The zero-order valence-electron chi connectivity index (χ0n) is 6.29. The van der Waals surface area contributed by atoms with Gasteiger partial charge in [-0.3, -0.25) is 0 Å². The molecule has 0 radical (unpaired) electrons. The molecule has 0 aliphatic carbocycles. The molecule has 58 valence electrons. The topological polar surface area (TPSA) is 17.1 Å². The first-order valence-corrected chi connectivity index (χ1v) is 4.18. The molecule has 0 heterocycles. The highest BCUT2D eigenvalue weighted by Crippen LogP contribution is 2.01. The highest BCUT2D eigenvalue weighted by atomic mass is 31.0. The second-order valence-corrected chi connectivity index (χ2v) is 3.11. The first kappa shape index (κ1) is 8.42. The molecule has 1 unspecified atom stereocenters. The Hall–Kier alpha value is -0.680. The molecule has 0 amide bonds. The zero-order valence-corrected chi connectivity index (χ0v) is 7.44. The summed E-state index contributed by atoms with van der Waals surface area (Å²) in [5, 5.41) is 1.18. The summed E-state index contributed by atoms with van der Waals surface area (Å²) in [5.74, 6) is 0. The van der Waals surface area contributed by atoms with Crippen LogP contribution in [0, 0.1) is 0 Å². The molecule has 1 nitrogen and oxygen atoms in total. The summed E-state index contributed by atoms with van der Waals surface area (Å²) >= 11 is 0. The Kier molecular flexibility index (Phi) is 3.25. The lowest BCUT2D eigenvalue weighted by Gasteiger charge is -1.96. The molecule has 0 fully saturated rings. The van der Waals surface area contributed by atoms with Crippen LogP contribution in [-0.2, 0) is 11.2 Å². The van der Waals surface area contributed by atoms with E-state index >= 15 is 0 Å². The monoisotopic (exact) mass is 166 g/mol. The minimum absolute atomic E-state index is 0.621. The maximum Gasteiger partial charge on any atom is 0.120 e. The summed E-state index contributed by atoms with van der Waals surface area (Å²) < 4.78 is 0. The Morgan fingerprint density at radius 2 is 1.91 bits per heavy atom. The fourth-order valence-corrected chi connectivity index (χ4v) is 1.10. The fraction of sp³-hybridized carbons (Fsp3) is 0.222. The third kappa shape index (κ3) is 2.81. The molecular weight excluding hydrogens is 155 g/mol. The van der Waals surface area contributed by atoms with Crippen LogP contribution in [0.15, 0.2) is 24.3 Å². The van der Waals surface area contributed by atoms with E-state index in [0.29, 0.717) is 6.42 Å². The number of aryl methyl sites for hydroxylation is 1. The van der Waals surface area contributed by atoms with Crippen molar-refractivity contribution in [2.75, 3.05) is 0 Å². The molecule has 0 N–H and O–H groups in total. The summed E-state index contributed by atoms with van der Waals surface area (Å²) in [4.78, 5) is 10.0. The Balaban J connectivity index is 2.58. The zero-order chi connectivity index (χ0) is 8.10.